The van der Waals surface area contributed by atoms with E-state index in [1.165, 1.54) is 11.1 Å². The van der Waals surface area contributed by atoms with Gasteiger partial charge in [0.2, 0.25) is 0 Å². The van der Waals surface area contributed by atoms with Gasteiger partial charge in [0.1, 0.15) is 5.75 Å². The first kappa shape index (κ1) is 15.4. The van der Waals surface area contributed by atoms with E-state index < -0.39 is 0 Å². The molecule has 23 heavy (non-hydrogen) atoms. The summed E-state index contributed by atoms with van der Waals surface area (Å²) in [6, 6.07) is 16.0. The number of carbonyl (C=O) groups is 1. The van der Waals surface area contributed by atoms with Gasteiger partial charge in [-0.05, 0) is 43.5 Å². The van der Waals surface area contributed by atoms with E-state index in [2.05, 4.69) is 18.3 Å². The van der Waals surface area contributed by atoms with Crippen molar-refractivity contribution in [2.24, 2.45) is 0 Å². The van der Waals surface area contributed by atoms with Crippen molar-refractivity contribution in [1.82, 2.24) is 5.32 Å². The maximum Gasteiger partial charge on any atom is 0.321 e. The van der Waals surface area contributed by atoms with Crippen LogP contribution in [0.25, 0.3) is 0 Å². The van der Waals surface area contributed by atoms with E-state index in [-0.39, 0.29) is 6.03 Å². The summed E-state index contributed by atoms with van der Waals surface area (Å²) in [6.45, 7) is 4.02. The second kappa shape index (κ2) is 7.18. The first-order valence-electron chi connectivity index (χ1n) is 8.07. The van der Waals surface area contributed by atoms with Gasteiger partial charge in [-0.15, -0.1) is 0 Å². The molecule has 2 aromatic rings. The molecule has 1 aliphatic rings. The zero-order valence-corrected chi connectivity index (χ0v) is 13.4. The first-order chi connectivity index (χ1) is 11.2. The number of hydrogen-bond acceptors (Lipinski definition) is 2. The van der Waals surface area contributed by atoms with E-state index in [1.807, 2.05) is 47.4 Å². The van der Waals surface area contributed by atoms with Crippen LogP contribution < -0.4 is 15.0 Å². The summed E-state index contributed by atoms with van der Waals surface area (Å²) < 4.78 is 5.66. The molecule has 0 saturated heterocycles. The van der Waals surface area contributed by atoms with E-state index >= 15 is 0 Å². The van der Waals surface area contributed by atoms with Crippen LogP contribution >= 0.6 is 0 Å². The molecule has 0 spiro atoms. The molecule has 0 unspecified atom stereocenters. The summed E-state index contributed by atoms with van der Waals surface area (Å²) in [4.78, 5) is 14.1. The molecule has 2 aromatic carbocycles. The van der Waals surface area contributed by atoms with E-state index in [0.717, 1.165) is 30.8 Å². The fourth-order valence-corrected chi connectivity index (χ4v) is 2.74. The van der Waals surface area contributed by atoms with Gasteiger partial charge < -0.3 is 10.1 Å². The van der Waals surface area contributed by atoms with Crippen LogP contribution in [0.1, 0.15) is 17.5 Å². The van der Waals surface area contributed by atoms with Crippen LogP contribution in [0, 0.1) is 6.92 Å². The maximum atomic E-state index is 12.3. The Morgan fingerprint density at radius 1 is 1.17 bits per heavy atom. The van der Waals surface area contributed by atoms with Gasteiger partial charge in [-0.2, -0.15) is 0 Å². The lowest BCUT2D eigenvalue weighted by Crippen LogP contribution is -2.39. The molecule has 0 atom stereocenters. The highest BCUT2D eigenvalue weighted by molar-refractivity contribution is 5.94. The van der Waals surface area contributed by atoms with Gasteiger partial charge in [-0.1, -0.05) is 35.9 Å². The second-order valence-corrected chi connectivity index (χ2v) is 5.78. The third kappa shape index (κ3) is 3.83. The monoisotopic (exact) mass is 310 g/mol. The Labute approximate surface area is 137 Å². The number of hydrogen-bond donors (Lipinski definition) is 1. The predicted octanol–water partition coefficient (Wildman–Crippen LogP) is 3.54. The normalized spacial score (nSPS) is 12.8. The third-order valence-corrected chi connectivity index (χ3v) is 4.02. The van der Waals surface area contributed by atoms with Crippen LogP contribution in [-0.2, 0) is 6.42 Å². The molecule has 0 aromatic heterocycles. The van der Waals surface area contributed by atoms with Crippen LogP contribution in [-0.4, -0.2) is 25.7 Å². The number of benzene rings is 2. The van der Waals surface area contributed by atoms with Gasteiger partial charge in [0, 0.05) is 18.8 Å². The Hall–Kier alpha value is -2.49. The summed E-state index contributed by atoms with van der Waals surface area (Å²) in [7, 11) is 0. The van der Waals surface area contributed by atoms with Crippen molar-refractivity contribution in [3.05, 3.63) is 59.7 Å². The Bertz CT molecular complexity index is 667. The summed E-state index contributed by atoms with van der Waals surface area (Å²) in [5.74, 6) is 0.871. The summed E-state index contributed by atoms with van der Waals surface area (Å²) in [6.07, 6.45) is 1.72. The van der Waals surface area contributed by atoms with Gasteiger partial charge in [0.05, 0.1) is 6.61 Å². The van der Waals surface area contributed by atoms with Crippen LogP contribution in [0.3, 0.4) is 0 Å². The fraction of sp³-hybridized carbons (Fsp3) is 0.316. The zero-order valence-electron chi connectivity index (χ0n) is 13.4. The van der Waals surface area contributed by atoms with Gasteiger partial charge in [0.25, 0.3) is 0 Å². The number of ether oxygens (including phenoxy) is 1. The molecule has 120 valence electrons. The Morgan fingerprint density at radius 2 is 1.96 bits per heavy atom. The lowest BCUT2D eigenvalue weighted by atomic mass is 10.2. The van der Waals surface area contributed by atoms with Crippen LogP contribution in [0.5, 0.6) is 5.75 Å². The van der Waals surface area contributed by atoms with Gasteiger partial charge in [0.15, 0.2) is 0 Å². The van der Waals surface area contributed by atoms with Crippen LogP contribution in [0.2, 0.25) is 0 Å². The van der Waals surface area contributed by atoms with E-state index in [1.54, 1.807) is 0 Å². The highest BCUT2D eigenvalue weighted by Gasteiger charge is 2.23. The maximum absolute atomic E-state index is 12.3. The molecule has 0 aliphatic carbocycles. The zero-order chi connectivity index (χ0) is 16.1. The molecule has 4 nitrogen and oxygen atoms in total. The molecule has 1 N–H and O–H groups in total. The second-order valence-electron chi connectivity index (χ2n) is 5.78. The number of nitrogens with zero attached hydrogens (tertiary/aromatic N) is 1. The number of aryl methyl sites for hydroxylation is 1. The van der Waals surface area contributed by atoms with E-state index in [9.17, 15) is 4.79 Å². The van der Waals surface area contributed by atoms with Crippen molar-refractivity contribution in [2.45, 2.75) is 19.8 Å². The molecule has 1 heterocycles. The minimum absolute atomic E-state index is 0.0229. The molecule has 0 bridgehead atoms. The minimum Gasteiger partial charge on any atom is -0.494 e. The molecule has 3 rings (SSSR count). The number of nitrogens with one attached hydrogen (secondary N) is 1. The van der Waals surface area contributed by atoms with Gasteiger partial charge >= 0.3 is 6.03 Å². The number of fused-ring (bicyclic) bond motifs is 1. The first-order valence-corrected chi connectivity index (χ1v) is 8.07. The van der Waals surface area contributed by atoms with Crippen LogP contribution in [0.4, 0.5) is 10.5 Å². The number of anilines is 1. The van der Waals surface area contributed by atoms with Crippen molar-refractivity contribution in [3.63, 3.8) is 0 Å². The fourth-order valence-electron chi connectivity index (χ4n) is 2.74. The number of rotatable bonds is 5. The lowest BCUT2D eigenvalue weighted by Gasteiger charge is -2.18. The molecular formula is C19H22N2O2. The smallest absolute Gasteiger partial charge is 0.321 e. The summed E-state index contributed by atoms with van der Waals surface area (Å²) in [5.41, 5.74) is 3.49. The molecule has 1 aliphatic heterocycles. The lowest BCUT2D eigenvalue weighted by molar-refractivity contribution is 0.245. The largest absolute Gasteiger partial charge is 0.494 e. The minimum atomic E-state index is -0.0229. The Morgan fingerprint density at radius 3 is 2.78 bits per heavy atom. The number of amides is 2. The topological polar surface area (TPSA) is 41.6 Å². The van der Waals surface area contributed by atoms with Crippen molar-refractivity contribution < 1.29 is 9.53 Å². The average molecular weight is 310 g/mol. The van der Waals surface area contributed by atoms with Crippen LogP contribution in [0.15, 0.2) is 48.5 Å². The standard InChI is InChI=1S/C19H22N2O2/c1-15-7-9-17(10-8-15)23-14-4-12-20-19(22)21-13-11-16-5-2-3-6-18(16)21/h2-3,5-10H,4,11-14H2,1H3,(H,20,22). The molecule has 0 fully saturated rings. The molecule has 0 saturated carbocycles. The van der Waals surface area contributed by atoms with Gasteiger partial charge in [-0.25, -0.2) is 4.79 Å². The SMILES string of the molecule is Cc1ccc(OCCCNC(=O)N2CCc3ccccc32)cc1. The number of urea groups is 1. The Kier molecular flexibility index (Phi) is 4.81. The Balaban J connectivity index is 1.39. The third-order valence-electron chi connectivity index (χ3n) is 4.02. The van der Waals surface area contributed by atoms with E-state index in [0.29, 0.717) is 13.2 Å². The van der Waals surface area contributed by atoms with Crippen molar-refractivity contribution in [1.29, 1.82) is 0 Å². The highest BCUT2D eigenvalue weighted by Crippen LogP contribution is 2.27. The molecular weight excluding hydrogens is 288 g/mol. The van der Waals surface area contributed by atoms with Gasteiger partial charge in [-0.3, -0.25) is 4.90 Å². The number of carbonyl (C=O) groups excluding carboxylic acids is 1. The molecule has 4 heteroatoms. The molecule has 2 amide bonds. The quantitative estimate of drug-likeness (QED) is 0.858. The van der Waals surface area contributed by atoms with E-state index in [4.69, 9.17) is 4.74 Å². The highest BCUT2D eigenvalue weighted by atomic mass is 16.5. The predicted molar refractivity (Wildman–Crippen MR) is 92.2 cm³/mol. The summed E-state index contributed by atoms with van der Waals surface area (Å²) in [5, 5.41) is 2.97. The average Bonchev–Trinajstić information content (AvgIpc) is 3.00. The van der Waals surface area contributed by atoms with Crippen molar-refractivity contribution >= 4 is 11.7 Å². The van der Waals surface area contributed by atoms with Crippen molar-refractivity contribution in [2.75, 3.05) is 24.6 Å². The summed E-state index contributed by atoms with van der Waals surface area (Å²) >= 11 is 0. The van der Waals surface area contributed by atoms with Crippen molar-refractivity contribution in [3.8, 4) is 5.75 Å². The number of para-hydroxylation sites is 1. The molecule has 0 radical (unpaired) electrons.